The summed E-state index contributed by atoms with van der Waals surface area (Å²) in [6.07, 6.45) is 0.476. The molecule has 0 radical (unpaired) electrons. The molecular formula is C22H31N3O6. The minimum Gasteiger partial charge on any atom is -0.458 e. The standard InChI is InChI=1S/C22H31N3O6/c1-15(19(27)25-12-8-11-17(25)20(28)31-22(2,3)4)24-18(26)13-23-21(29)30-14-16-9-6-5-7-10-16/h5-7,9-10,15,17H,8,11-14H2,1-4H3,(H,23,29)(H,24,26)/t15-,17-/m0/s1. The van der Waals surface area contributed by atoms with Gasteiger partial charge in [-0.1, -0.05) is 30.3 Å². The molecule has 0 aromatic heterocycles. The van der Waals surface area contributed by atoms with Gasteiger partial charge in [-0.2, -0.15) is 0 Å². The van der Waals surface area contributed by atoms with Crippen LogP contribution in [0.25, 0.3) is 0 Å². The number of hydrogen-bond donors (Lipinski definition) is 2. The van der Waals surface area contributed by atoms with Crippen LogP contribution in [0.15, 0.2) is 30.3 Å². The number of ether oxygens (including phenoxy) is 2. The van der Waals surface area contributed by atoms with Crippen molar-refractivity contribution in [3.8, 4) is 0 Å². The van der Waals surface area contributed by atoms with Crippen molar-refractivity contribution in [1.29, 1.82) is 0 Å². The molecule has 2 atom stereocenters. The van der Waals surface area contributed by atoms with E-state index in [1.807, 2.05) is 30.3 Å². The second kappa shape index (κ2) is 10.8. The predicted octanol–water partition coefficient (Wildman–Crippen LogP) is 1.75. The summed E-state index contributed by atoms with van der Waals surface area (Å²) in [4.78, 5) is 50.4. The van der Waals surface area contributed by atoms with Gasteiger partial charge in [0.25, 0.3) is 0 Å². The fraction of sp³-hybridized carbons (Fsp3) is 0.545. The smallest absolute Gasteiger partial charge is 0.407 e. The number of hydrogen-bond acceptors (Lipinski definition) is 6. The number of carbonyl (C=O) groups excluding carboxylic acids is 4. The number of likely N-dealkylation sites (tertiary alicyclic amines) is 1. The molecular weight excluding hydrogens is 402 g/mol. The Bertz CT molecular complexity index is 790. The molecule has 3 amide bonds. The first-order valence-electron chi connectivity index (χ1n) is 10.3. The SMILES string of the molecule is C[C@H](NC(=O)CNC(=O)OCc1ccccc1)C(=O)N1CCC[C@H]1C(=O)OC(C)(C)C. The van der Waals surface area contributed by atoms with Crippen LogP contribution in [-0.4, -0.2) is 59.6 Å². The van der Waals surface area contributed by atoms with Crippen LogP contribution < -0.4 is 10.6 Å². The zero-order chi connectivity index (χ0) is 23.0. The van der Waals surface area contributed by atoms with Crippen LogP contribution in [0.3, 0.4) is 0 Å². The minimum atomic E-state index is -0.849. The van der Waals surface area contributed by atoms with Crippen molar-refractivity contribution in [3.05, 3.63) is 35.9 Å². The van der Waals surface area contributed by atoms with Gasteiger partial charge in [0.15, 0.2) is 0 Å². The van der Waals surface area contributed by atoms with Crippen molar-refractivity contribution in [2.75, 3.05) is 13.1 Å². The molecule has 31 heavy (non-hydrogen) atoms. The maximum absolute atomic E-state index is 12.8. The molecule has 9 nitrogen and oxygen atoms in total. The molecule has 0 unspecified atom stereocenters. The molecule has 1 aliphatic rings. The summed E-state index contributed by atoms with van der Waals surface area (Å²) in [7, 11) is 0. The number of carbonyl (C=O) groups is 4. The largest absolute Gasteiger partial charge is 0.458 e. The van der Waals surface area contributed by atoms with Crippen molar-refractivity contribution >= 4 is 23.9 Å². The predicted molar refractivity (Wildman–Crippen MR) is 113 cm³/mol. The fourth-order valence-corrected chi connectivity index (χ4v) is 3.17. The summed E-state index contributed by atoms with van der Waals surface area (Å²) in [5, 5.41) is 4.89. The van der Waals surface area contributed by atoms with E-state index in [2.05, 4.69) is 10.6 Å². The molecule has 1 aromatic rings. The first-order chi connectivity index (χ1) is 14.6. The van der Waals surface area contributed by atoms with E-state index in [1.165, 1.54) is 4.90 Å². The average molecular weight is 434 g/mol. The van der Waals surface area contributed by atoms with Crippen molar-refractivity contribution in [3.63, 3.8) is 0 Å². The highest BCUT2D eigenvalue weighted by molar-refractivity contribution is 5.92. The highest BCUT2D eigenvalue weighted by Gasteiger charge is 2.38. The zero-order valence-corrected chi connectivity index (χ0v) is 18.5. The lowest BCUT2D eigenvalue weighted by Crippen LogP contribution is -2.52. The normalized spacial score (nSPS) is 16.9. The Morgan fingerprint density at radius 3 is 2.48 bits per heavy atom. The first kappa shape index (κ1) is 24.2. The monoisotopic (exact) mass is 433 g/mol. The van der Waals surface area contributed by atoms with Crippen LogP contribution >= 0.6 is 0 Å². The van der Waals surface area contributed by atoms with E-state index in [4.69, 9.17) is 9.47 Å². The molecule has 1 aromatic carbocycles. The molecule has 2 rings (SSSR count). The summed E-state index contributed by atoms with van der Waals surface area (Å²) >= 11 is 0. The number of benzene rings is 1. The topological polar surface area (TPSA) is 114 Å². The Hall–Kier alpha value is -3.10. The quantitative estimate of drug-likeness (QED) is 0.634. The van der Waals surface area contributed by atoms with E-state index in [0.717, 1.165) is 5.56 Å². The Morgan fingerprint density at radius 2 is 1.84 bits per heavy atom. The van der Waals surface area contributed by atoms with Crippen LogP contribution in [-0.2, 0) is 30.5 Å². The molecule has 170 valence electrons. The van der Waals surface area contributed by atoms with Gasteiger partial charge in [0.1, 0.15) is 30.8 Å². The van der Waals surface area contributed by atoms with Gasteiger partial charge >= 0.3 is 12.1 Å². The van der Waals surface area contributed by atoms with Crippen LogP contribution in [0.5, 0.6) is 0 Å². The van der Waals surface area contributed by atoms with Crippen molar-refractivity contribution in [2.24, 2.45) is 0 Å². The Balaban J connectivity index is 1.77. The average Bonchev–Trinajstić information content (AvgIpc) is 3.19. The van der Waals surface area contributed by atoms with Crippen molar-refractivity contribution in [2.45, 2.75) is 64.8 Å². The Kier molecular flexibility index (Phi) is 8.41. The number of alkyl carbamates (subject to hydrolysis) is 1. The second-order valence-electron chi connectivity index (χ2n) is 8.43. The van der Waals surface area contributed by atoms with Crippen LogP contribution in [0, 0.1) is 0 Å². The molecule has 1 saturated heterocycles. The van der Waals surface area contributed by atoms with Gasteiger partial charge in [-0.3, -0.25) is 9.59 Å². The second-order valence-corrected chi connectivity index (χ2v) is 8.43. The van der Waals surface area contributed by atoms with Gasteiger partial charge in [-0.25, -0.2) is 9.59 Å². The lowest BCUT2D eigenvalue weighted by atomic mass is 10.1. The maximum Gasteiger partial charge on any atom is 0.407 e. The van der Waals surface area contributed by atoms with Crippen LogP contribution in [0.1, 0.15) is 46.1 Å². The molecule has 1 aliphatic heterocycles. The van der Waals surface area contributed by atoms with E-state index in [-0.39, 0.29) is 19.1 Å². The molecule has 9 heteroatoms. The Labute approximate surface area is 182 Å². The van der Waals surface area contributed by atoms with Crippen LogP contribution in [0.2, 0.25) is 0 Å². The molecule has 0 bridgehead atoms. The van der Waals surface area contributed by atoms with Crippen molar-refractivity contribution in [1.82, 2.24) is 15.5 Å². The highest BCUT2D eigenvalue weighted by atomic mass is 16.6. The molecule has 1 fully saturated rings. The third-order valence-corrected chi connectivity index (χ3v) is 4.57. The van der Waals surface area contributed by atoms with Gasteiger partial charge in [-0.15, -0.1) is 0 Å². The van der Waals surface area contributed by atoms with E-state index in [9.17, 15) is 19.2 Å². The molecule has 0 spiro atoms. The van der Waals surface area contributed by atoms with Gasteiger partial charge in [0.2, 0.25) is 11.8 Å². The fourth-order valence-electron chi connectivity index (χ4n) is 3.17. The molecule has 0 aliphatic carbocycles. The molecule has 2 N–H and O–H groups in total. The van der Waals surface area contributed by atoms with Crippen LogP contribution in [0.4, 0.5) is 4.79 Å². The zero-order valence-electron chi connectivity index (χ0n) is 18.5. The number of rotatable bonds is 7. The number of nitrogens with zero attached hydrogens (tertiary/aromatic N) is 1. The minimum absolute atomic E-state index is 0.0875. The Morgan fingerprint density at radius 1 is 1.16 bits per heavy atom. The number of esters is 1. The lowest BCUT2D eigenvalue weighted by molar-refractivity contribution is -0.163. The third-order valence-electron chi connectivity index (χ3n) is 4.57. The number of amides is 3. The van der Waals surface area contributed by atoms with Crippen molar-refractivity contribution < 1.29 is 28.7 Å². The summed E-state index contributed by atoms with van der Waals surface area (Å²) in [5.41, 5.74) is 0.182. The molecule has 1 heterocycles. The number of nitrogens with one attached hydrogen (secondary N) is 2. The van der Waals surface area contributed by atoms with E-state index >= 15 is 0 Å². The summed E-state index contributed by atoms with van der Waals surface area (Å²) in [6, 6.07) is 7.64. The summed E-state index contributed by atoms with van der Waals surface area (Å²) < 4.78 is 10.4. The first-order valence-corrected chi connectivity index (χ1v) is 10.3. The lowest BCUT2D eigenvalue weighted by Gasteiger charge is -2.29. The maximum atomic E-state index is 12.8. The van der Waals surface area contributed by atoms with E-state index < -0.39 is 35.7 Å². The van der Waals surface area contributed by atoms with Gasteiger partial charge in [0.05, 0.1) is 0 Å². The summed E-state index contributed by atoms with van der Waals surface area (Å²) in [5.74, 6) is -1.35. The van der Waals surface area contributed by atoms with E-state index in [1.54, 1.807) is 27.7 Å². The van der Waals surface area contributed by atoms with Gasteiger partial charge in [-0.05, 0) is 46.1 Å². The summed E-state index contributed by atoms with van der Waals surface area (Å²) in [6.45, 7) is 7.03. The third kappa shape index (κ3) is 7.92. The van der Waals surface area contributed by atoms with Gasteiger partial charge < -0.3 is 25.0 Å². The van der Waals surface area contributed by atoms with Gasteiger partial charge in [0, 0.05) is 6.54 Å². The highest BCUT2D eigenvalue weighted by Crippen LogP contribution is 2.22. The molecule has 0 saturated carbocycles. The van der Waals surface area contributed by atoms with E-state index in [0.29, 0.717) is 19.4 Å².